The highest BCUT2D eigenvalue weighted by molar-refractivity contribution is 7.12. The summed E-state index contributed by atoms with van der Waals surface area (Å²) in [5, 5.41) is 0. The molecule has 0 radical (unpaired) electrons. The van der Waals surface area contributed by atoms with Crippen LogP contribution >= 0.6 is 11.3 Å². The molecule has 96 valence electrons. The van der Waals surface area contributed by atoms with Crippen LogP contribution in [0, 0.1) is 18.8 Å². The molecule has 0 aromatic carbocycles. The van der Waals surface area contributed by atoms with Crippen molar-refractivity contribution in [3.05, 3.63) is 21.9 Å². The minimum Gasteiger partial charge on any atom is -0.323 e. The predicted octanol–water partition coefficient (Wildman–Crippen LogP) is 4.66. The summed E-state index contributed by atoms with van der Waals surface area (Å²) < 4.78 is 0. The van der Waals surface area contributed by atoms with Gasteiger partial charge in [-0.2, -0.15) is 0 Å². The van der Waals surface area contributed by atoms with Crippen LogP contribution in [-0.2, 0) is 0 Å². The minimum atomic E-state index is 0.288. The van der Waals surface area contributed by atoms with Gasteiger partial charge in [0.05, 0.1) is 0 Å². The molecule has 1 unspecified atom stereocenters. The quantitative estimate of drug-likeness (QED) is 0.827. The van der Waals surface area contributed by atoms with Gasteiger partial charge in [-0.15, -0.1) is 11.3 Å². The molecule has 2 N–H and O–H groups in total. The topological polar surface area (TPSA) is 26.0 Å². The molecule has 1 heterocycles. The second kappa shape index (κ2) is 6.01. The van der Waals surface area contributed by atoms with Gasteiger partial charge < -0.3 is 5.73 Å². The molecule has 1 aliphatic rings. The minimum absolute atomic E-state index is 0.288. The highest BCUT2D eigenvalue weighted by Crippen LogP contribution is 2.38. The Bertz CT molecular complexity index is 336. The maximum absolute atomic E-state index is 6.41. The normalized spacial score (nSPS) is 27.0. The summed E-state index contributed by atoms with van der Waals surface area (Å²) in [4.78, 5) is 2.77. The summed E-state index contributed by atoms with van der Waals surface area (Å²) in [6, 6.07) is 4.71. The van der Waals surface area contributed by atoms with Gasteiger partial charge in [0.15, 0.2) is 0 Å². The maximum Gasteiger partial charge on any atom is 0.0418 e. The Labute approximate surface area is 109 Å². The number of aryl methyl sites for hydroxylation is 1. The predicted molar refractivity (Wildman–Crippen MR) is 76.3 cm³/mol. The fourth-order valence-corrected chi connectivity index (χ4v) is 4.08. The first kappa shape index (κ1) is 13.1. The molecule has 1 aromatic rings. The molecule has 1 saturated carbocycles. The second-order valence-electron chi connectivity index (χ2n) is 5.54. The summed E-state index contributed by atoms with van der Waals surface area (Å²) in [7, 11) is 0. The van der Waals surface area contributed by atoms with Gasteiger partial charge in [0.25, 0.3) is 0 Å². The highest BCUT2D eigenvalue weighted by Gasteiger charge is 2.26. The Kier molecular flexibility index (Phi) is 4.63. The third kappa shape index (κ3) is 3.32. The molecule has 2 heteroatoms. The van der Waals surface area contributed by atoms with Crippen LogP contribution in [0.15, 0.2) is 12.1 Å². The number of hydrogen-bond acceptors (Lipinski definition) is 2. The highest BCUT2D eigenvalue weighted by atomic mass is 32.1. The Balaban J connectivity index is 1.88. The molecule has 0 bridgehead atoms. The Morgan fingerprint density at radius 2 is 2.00 bits per heavy atom. The molecule has 0 aliphatic heterocycles. The van der Waals surface area contributed by atoms with Crippen molar-refractivity contribution in [3.8, 4) is 0 Å². The molecule has 1 atom stereocenters. The van der Waals surface area contributed by atoms with Gasteiger partial charge in [-0.3, -0.25) is 0 Å². The van der Waals surface area contributed by atoms with E-state index in [1.807, 2.05) is 11.3 Å². The van der Waals surface area contributed by atoms with Gasteiger partial charge >= 0.3 is 0 Å². The zero-order chi connectivity index (χ0) is 12.3. The fraction of sp³-hybridized carbons (Fsp3) is 0.733. The SMILES string of the molecule is CCCC1CCC(C(N)c2ccc(C)s2)CC1. The lowest BCUT2D eigenvalue weighted by molar-refractivity contribution is 0.236. The van der Waals surface area contributed by atoms with Crippen LogP contribution in [0.2, 0.25) is 0 Å². The van der Waals surface area contributed by atoms with E-state index in [1.54, 1.807) is 0 Å². The molecule has 1 aliphatic carbocycles. The van der Waals surface area contributed by atoms with Crippen LogP contribution in [0.3, 0.4) is 0 Å². The lowest BCUT2D eigenvalue weighted by Gasteiger charge is -2.31. The summed E-state index contributed by atoms with van der Waals surface area (Å²) >= 11 is 1.88. The van der Waals surface area contributed by atoms with Gasteiger partial charge in [0, 0.05) is 15.8 Å². The standard InChI is InChI=1S/C15H25NS/c1-3-4-12-6-8-13(9-7-12)15(16)14-10-5-11(2)17-14/h5,10,12-13,15H,3-4,6-9,16H2,1-2H3. The van der Waals surface area contributed by atoms with E-state index in [0.717, 1.165) is 11.8 Å². The number of thiophene rings is 1. The first-order chi connectivity index (χ1) is 8.20. The van der Waals surface area contributed by atoms with Crippen molar-refractivity contribution in [2.45, 2.75) is 58.4 Å². The lowest BCUT2D eigenvalue weighted by atomic mass is 9.77. The van der Waals surface area contributed by atoms with Crippen LogP contribution in [0.4, 0.5) is 0 Å². The van der Waals surface area contributed by atoms with Crippen LogP contribution in [0.1, 0.15) is 61.2 Å². The molecule has 1 fully saturated rings. The molecule has 17 heavy (non-hydrogen) atoms. The molecule has 0 saturated heterocycles. The summed E-state index contributed by atoms with van der Waals surface area (Å²) in [6.45, 7) is 4.46. The molecular weight excluding hydrogens is 226 g/mol. The van der Waals surface area contributed by atoms with E-state index in [1.165, 1.54) is 48.3 Å². The zero-order valence-electron chi connectivity index (χ0n) is 11.1. The first-order valence-electron chi connectivity index (χ1n) is 7.02. The summed E-state index contributed by atoms with van der Waals surface area (Å²) in [5.41, 5.74) is 6.41. The van der Waals surface area contributed by atoms with E-state index in [-0.39, 0.29) is 6.04 Å². The zero-order valence-corrected chi connectivity index (χ0v) is 11.9. The van der Waals surface area contributed by atoms with Crippen molar-refractivity contribution in [1.29, 1.82) is 0 Å². The summed E-state index contributed by atoms with van der Waals surface area (Å²) in [6.07, 6.45) is 8.23. The van der Waals surface area contributed by atoms with E-state index in [0.29, 0.717) is 0 Å². The van der Waals surface area contributed by atoms with Crippen molar-refractivity contribution in [2.24, 2.45) is 17.6 Å². The van der Waals surface area contributed by atoms with E-state index in [2.05, 4.69) is 26.0 Å². The van der Waals surface area contributed by atoms with Gasteiger partial charge in [-0.05, 0) is 43.7 Å². The van der Waals surface area contributed by atoms with Crippen molar-refractivity contribution in [3.63, 3.8) is 0 Å². The average molecular weight is 251 g/mol. The summed E-state index contributed by atoms with van der Waals surface area (Å²) in [5.74, 6) is 1.70. The van der Waals surface area contributed by atoms with E-state index < -0.39 is 0 Å². The van der Waals surface area contributed by atoms with Crippen LogP contribution < -0.4 is 5.73 Å². The fourth-order valence-electron chi connectivity index (χ4n) is 3.11. The van der Waals surface area contributed by atoms with Crippen LogP contribution in [0.25, 0.3) is 0 Å². The number of rotatable bonds is 4. The third-order valence-electron chi connectivity index (χ3n) is 4.19. The van der Waals surface area contributed by atoms with Crippen LogP contribution in [-0.4, -0.2) is 0 Å². The van der Waals surface area contributed by atoms with Gasteiger partial charge in [-0.25, -0.2) is 0 Å². The number of hydrogen-bond donors (Lipinski definition) is 1. The second-order valence-corrected chi connectivity index (χ2v) is 6.86. The van der Waals surface area contributed by atoms with Crippen LogP contribution in [0.5, 0.6) is 0 Å². The average Bonchev–Trinajstić information content (AvgIpc) is 2.76. The monoisotopic (exact) mass is 251 g/mol. The lowest BCUT2D eigenvalue weighted by Crippen LogP contribution is -2.25. The first-order valence-corrected chi connectivity index (χ1v) is 7.84. The Hall–Kier alpha value is -0.340. The van der Waals surface area contributed by atoms with Gasteiger partial charge in [0.2, 0.25) is 0 Å². The molecule has 1 nitrogen and oxygen atoms in total. The smallest absolute Gasteiger partial charge is 0.0418 e. The maximum atomic E-state index is 6.41. The number of nitrogens with two attached hydrogens (primary N) is 1. The Morgan fingerprint density at radius 1 is 1.29 bits per heavy atom. The van der Waals surface area contributed by atoms with Crippen molar-refractivity contribution >= 4 is 11.3 Å². The Morgan fingerprint density at radius 3 is 2.53 bits per heavy atom. The molecular formula is C15H25NS. The third-order valence-corrected chi connectivity index (χ3v) is 5.29. The van der Waals surface area contributed by atoms with Crippen molar-refractivity contribution in [2.75, 3.05) is 0 Å². The van der Waals surface area contributed by atoms with E-state index in [9.17, 15) is 0 Å². The molecule has 1 aromatic heterocycles. The molecule has 2 rings (SSSR count). The molecule has 0 spiro atoms. The van der Waals surface area contributed by atoms with Gasteiger partial charge in [-0.1, -0.05) is 32.6 Å². The van der Waals surface area contributed by atoms with Crippen molar-refractivity contribution in [1.82, 2.24) is 0 Å². The molecule has 0 amide bonds. The van der Waals surface area contributed by atoms with E-state index >= 15 is 0 Å². The van der Waals surface area contributed by atoms with E-state index in [4.69, 9.17) is 5.73 Å². The van der Waals surface area contributed by atoms with Gasteiger partial charge in [0.1, 0.15) is 0 Å². The largest absolute Gasteiger partial charge is 0.323 e. The van der Waals surface area contributed by atoms with Crippen molar-refractivity contribution < 1.29 is 0 Å².